The first-order valence-corrected chi connectivity index (χ1v) is 9.02. The first kappa shape index (κ1) is 16.4. The van der Waals surface area contributed by atoms with E-state index in [-0.39, 0.29) is 0 Å². The normalized spacial score (nSPS) is 17.8. The molecule has 1 N–H and O–H groups in total. The average Bonchev–Trinajstić information content (AvgIpc) is 2.45. The lowest BCUT2D eigenvalue weighted by Crippen LogP contribution is -2.44. The SMILES string of the molecule is CCCNc1ncnc(N2CCSC(C)(C)C2)c1CCC. The van der Waals surface area contributed by atoms with Gasteiger partial charge in [0.1, 0.15) is 18.0 Å². The summed E-state index contributed by atoms with van der Waals surface area (Å²) in [6, 6.07) is 0. The van der Waals surface area contributed by atoms with E-state index in [4.69, 9.17) is 0 Å². The van der Waals surface area contributed by atoms with E-state index in [1.807, 2.05) is 0 Å². The molecule has 0 spiro atoms. The summed E-state index contributed by atoms with van der Waals surface area (Å²) in [6.45, 7) is 12.1. The number of rotatable bonds is 6. The Kier molecular flexibility index (Phi) is 5.73. The third-order valence-electron chi connectivity index (χ3n) is 3.69. The van der Waals surface area contributed by atoms with Crippen LogP contribution >= 0.6 is 11.8 Å². The molecule has 1 saturated heterocycles. The van der Waals surface area contributed by atoms with Crippen LogP contribution in [-0.2, 0) is 6.42 Å². The van der Waals surface area contributed by atoms with Crippen molar-refractivity contribution in [2.45, 2.75) is 51.7 Å². The Morgan fingerprint density at radius 2 is 2.10 bits per heavy atom. The van der Waals surface area contributed by atoms with Gasteiger partial charge in [-0.1, -0.05) is 20.3 Å². The fourth-order valence-corrected chi connectivity index (χ4v) is 3.86. The van der Waals surface area contributed by atoms with Crippen LogP contribution in [-0.4, -0.2) is 40.1 Å². The van der Waals surface area contributed by atoms with Crippen LogP contribution in [0.5, 0.6) is 0 Å². The molecule has 0 unspecified atom stereocenters. The van der Waals surface area contributed by atoms with E-state index in [9.17, 15) is 0 Å². The minimum atomic E-state index is 0.295. The van der Waals surface area contributed by atoms with Gasteiger partial charge in [-0.15, -0.1) is 0 Å². The molecule has 0 radical (unpaired) electrons. The number of aromatic nitrogens is 2. The molecular weight excluding hydrogens is 280 g/mol. The maximum absolute atomic E-state index is 4.62. The molecule has 4 nitrogen and oxygen atoms in total. The van der Waals surface area contributed by atoms with Crippen LogP contribution in [0.3, 0.4) is 0 Å². The topological polar surface area (TPSA) is 41.1 Å². The molecule has 2 rings (SSSR count). The minimum Gasteiger partial charge on any atom is -0.370 e. The van der Waals surface area contributed by atoms with Gasteiger partial charge in [-0.25, -0.2) is 9.97 Å². The second-order valence-electron chi connectivity index (χ2n) is 6.23. The first-order chi connectivity index (χ1) is 10.1. The molecule has 0 saturated carbocycles. The van der Waals surface area contributed by atoms with Crippen molar-refractivity contribution in [2.24, 2.45) is 0 Å². The van der Waals surface area contributed by atoms with E-state index >= 15 is 0 Å². The quantitative estimate of drug-likeness (QED) is 0.870. The molecule has 0 aromatic carbocycles. The summed E-state index contributed by atoms with van der Waals surface area (Å²) < 4.78 is 0.295. The lowest BCUT2D eigenvalue weighted by atomic mass is 10.1. The van der Waals surface area contributed by atoms with Crippen molar-refractivity contribution in [1.82, 2.24) is 9.97 Å². The summed E-state index contributed by atoms with van der Waals surface area (Å²) in [5, 5.41) is 3.46. The highest BCUT2D eigenvalue weighted by atomic mass is 32.2. The van der Waals surface area contributed by atoms with E-state index in [0.29, 0.717) is 4.75 Å². The van der Waals surface area contributed by atoms with E-state index in [0.717, 1.165) is 50.5 Å². The number of anilines is 2. The van der Waals surface area contributed by atoms with Gasteiger partial charge in [0.05, 0.1) is 0 Å². The van der Waals surface area contributed by atoms with Crippen molar-refractivity contribution in [1.29, 1.82) is 0 Å². The van der Waals surface area contributed by atoms with E-state index in [1.165, 1.54) is 11.3 Å². The molecule has 118 valence electrons. The fraction of sp³-hybridized carbons (Fsp3) is 0.750. The van der Waals surface area contributed by atoms with Gasteiger partial charge in [0.15, 0.2) is 0 Å². The zero-order valence-corrected chi connectivity index (χ0v) is 14.6. The van der Waals surface area contributed by atoms with Gasteiger partial charge in [-0.3, -0.25) is 0 Å². The molecule has 0 atom stereocenters. The lowest BCUT2D eigenvalue weighted by molar-refractivity contribution is 0.638. The largest absolute Gasteiger partial charge is 0.370 e. The third-order valence-corrected chi connectivity index (χ3v) is 4.99. The standard InChI is InChI=1S/C16H28N4S/c1-5-7-13-14(17-8-6-2)18-12-19-15(13)20-9-10-21-16(3,4)11-20/h12H,5-11H2,1-4H3,(H,17,18,19). The van der Waals surface area contributed by atoms with E-state index in [2.05, 4.69) is 59.6 Å². The van der Waals surface area contributed by atoms with Crippen molar-refractivity contribution >= 4 is 23.4 Å². The molecule has 1 aromatic heterocycles. The first-order valence-electron chi connectivity index (χ1n) is 8.04. The Bertz CT molecular complexity index is 462. The molecular formula is C16H28N4S. The second-order valence-corrected chi connectivity index (χ2v) is 8.03. The van der Waals surface area contributed by atoms with E-state index < -0.39 is 0 Å². The van der Waals surface area contributed by atoms with Gasteiger partial charge in [-0.05, 0) is 26.7 Å². The highest BCUT2D eigenvalue weighted by Gasteiger charge is 2.29. The highest BCUT2D eigenvalue weighted by molar-refractivity contribution is 8.00. The Balaban J connectivity index is 2.28. The van der Waals surface area contributed by atoms with Crippen LogP contribution in [0.2, 0.25) is 0 Å². The summed E-state index contributed by atoms with van der Waals surface area (Å²) in [5.74, 6) is 3.33. The van der Waals surface area contributed by atoms with Crippen LogP contribution < -0.4 is 10.2 Å². The molecule has 0 amide bonds. The zero-order valence-electron chi connectivity index (χ0n) is 13.8. The molecule has 5 heteroatoms. The Labute approximate surface area is 133 Å². The van der Waals surface area contributed by atoms with E-state index in [1.54, 1.807) is 6.33 Å². The number of nitrogens with zero attached hydrogens (tertiary/aromatic N) is 3. The molecule has 1 aromatic rings. The van der Waals surface area contributed by atoms with Crippen LogP contribution in [0.15, 0.2) is 6.33 Å². The van der Waals surface area contributed by atoms with Crippen molar-refractivity contribution in [3.63, 3.8) is 0 Å². The predicted molar refractivity (Wildman–Crippen MR) is 93.6 cm³/mol. The van der Waals surface area contributed by atoms with Crippen LogP contribution in [0.25, 0.3) is 0 Å². The van der Waals surface area contributed by atoms with Crippen LogP contribution in [0.4, 0.5) is 11.6 Å². The van der Waals surface area contributed by atoms with Gasteiger partial charge in [0, 0.05) is 35.7 Å². The second kappa shape index (κ2) is 7.34. The van der Waals surface area contributed by atoms with Crippen molar-refractivity contribution < 1.29 is 0 Å². The summed E-state index contributed by atoms with van der Waals surface area (Å²) in [4.78, 5) is 11.5. The maximum atomic E-state index is 4.62. The molecule has 1 aliphatic heterocycles. The number of hydrogen-bond donors (Lipinski definition) is 1. The smallest absolute Gasteiger partial charge is 0.137 e. The molecule has 0 bridgehead atoms. The van der Waals surface area contributed by atoms with Crippen LogP contribution in [0.1, 0.15) is 46.1 Å². The summed E-state index contributed by atoms with van der Waals surface area (Å²) in [5.41, 5.74) is 1.29. The predicted octanol–water partition coefficient (Wildman–Crippen LogP) is 3.58. The van der Waals surface area contributed by atoms with Gasteiger partial charge < -0.3 is 10.2 Å². The summed E-state index contributed by atoms with van der Waals surface area (Å²) in [7, 11) is 0. The van der Waals surface area contributed by atoms with Crippen LogP contribution in [0, 0.1) is 0 Å². The fourth-order valence-electron chi connectivity index (χ4n) is 2.75. The van der Waals surface area contributed by atoms with Crippen molar-refractivity contribution in [3.8, 4) is 0 Å². The minimum absolute atomic E-state index is 0.295. The number of thioether (sulfide) groups is 1. The number of hydrogen-bond acceptors (Lipinski definition) is 5. The van der Waals surface area contributed by atoms with Gasteiger partial charge >= 0.3 is 0 Å². The lowest BCUT2D eigenvalue weighted by Gasteiger charge is -2.39. The van der Waals surface area contributed by atoms with Gasteiger partial charge in [0.25, 0.3) is 0 Å². The monoisotopic (exact) mass is 308 g/mol. The Morgan fingerprint density at radius 3 is 2.76 bits per heavy atom. The zero-order chi connectivity index (χ0) is 15.3. The summed E-state index contributed by atoms with van der Waals surface area (Å²) in [6.07, 6.45) is 4.97. The van der Waals surface area contributed by atoms with Gasteiger partial charge in [0.2, 0.25) is 0 Å². The molecule has 1 fully saturated rings. The Morgan fingerprint density at radius 1 is 1.29 bits per heavy atom. The highest BCUT2D eigenvalue weighted by Crippen LogP contribution is 2.34. The molecule has 0 aliphatic carbocycles. The Hall–Kier alpha value is -0.970. The maximum Gasteiger partial charge on any atom is 0.137 e. The van der Waals surface area contributed by atoms with Crippen molar-refractivity contribution in [2.75, 3.05) is 35.6 Å². The average molecular weight is 308 g/mol. The third kappa shape index (κ3) is 4.25. The molecule has 1 aliphatic rings. The number of nitrogens with one attached hydrogen (secondary N) is 1. The molecule has 2 heterocycles. The summed E-state index contributed by atoms with van der Waals surface area (Å²) >= 11 is 2.06. The molecule has 21 heavy (non-hydrogen) atoms. The van der Waals surface area contributed by atoms with Gasteiger partial charge in [-0.2, -0.15) is 11.8 Å². The van der Waals surface area contributed by atoms with Crippen molar-refractivity contribution in [3.05, 3.63) is 11.9 Å².